The summed E-state index contributed by atoms with van der Waals surface area (Å²) in [6.07, 6.45) is 0. The molecule has 0 N–H and O–H groups in total. The van der Waals surface area contributed by atoms with E-state index in [2.05, 4.69) is 191 Å². The van der Waals surface area contributed by atoms with Crippen molar-refractivity contribution in [3.8, 4) is 45.0 Å². The van der Waals surface area contributed by atoms with Crippen LogP contribution in [0.5, 0.6) is 0 Å². The Labute approximate surface area is 334 Å². The lowest BCUT2D eigenvalue weighted by molar-refractivity contribution is 1.08. The Bertz CT molecular complexity index is 3560. The molecule has 0 aliphatic heterocycles. The van der Waals surface area contributed by atoms with Crippen LogP contribution in [0.1, 0.15) is 0 Å². The van der Waals surface area contributed by atoms with Crippen LogP contribution in [0.3, 0.4) is 0 Å². The first-order valence-electron chi connectivity index (χ1n) is 19.7. The first-order valence-corrected chi connectivity index (χ1v) is 19.7. The molecule has 0 spiro atoms. The van der Waals surface area contributed by atoms with Crippen LogP contribution in [-0.4, -0.2) is 19.1 Å². The standard InChI is InChI=1S/C54H34N4/c1-3-15-35(16-4-1)37-21-13-22-41(31-37)57-48-27-12-9-23-43(48)44-33-40(29-30-49(44)57)42-24-14-28-50-52(42)45-32-38-19-7-8-20-39(38)34-51(45)58(50)54-53(36-17-5-2-6-18-36)55-46-25-10-11-26-47(46)56-54/h1-34H. The molecule has 270 valence electrons. The van der Waals surface area contributed by atoms with Crippen molar-refractivity contribution in [2.75, 3.05) is 0 Å². The van der Waals surface area contributed by atoms with Crippen LogP contribution in [0.15, 0.2) is 206 Å². The lowest BCUT2D eigenvalue weighted by Gasteiger charge is -2.14. The predicted octanol–water partition coefficient (Wildman–Crippen LogP) is 14.0. The summed E-state index contributed by atoms with van der Waals surface area (Å²) in [6, 6.07) is 73.8. The molecule has 0 atom stereocenters. The second kappa shape index (κ2) is 12.9. The van der Waals surface area contributed by atoms with Gasteiger partial charge in [-0.15, -0.1) is 0 Å². The van der Waals surface area contributed by atoms with Crippen LogP contribution >= 0.6 is 0 Å². The van der Waals surface area contributed by atoms with E-state index in [1.165, 1.54) is 65.6 Å². The van der Waals surface area contributed by atoms with Crippen molar-refractivity contribution in [3.05, 3.63) is 206 Å². The number of hydrogen-bond acceptors (Lipinski definition) is 2. The first kappa shape index (κ1) is 32.4. The number of rotatable bonds is 5. The first-order chi connectivity index (χ1) is 28.8. The second-order valence-electron chi connectivity index (χ2n) is 15.0. The highest BCUT2D eigenvalue weighted by molar-refractivity contribution is 6.20. The number of nitrogens with zero attached hydrogens (tertiary/aromatic N) is 4. The van der Waals surface area contributed by atoms with Gasteiger partial charge in [-0.05, 0) is 93.7 Å². The van der Waals surface area contributed by atoms with E-state index in [0.717, 1.165) is 44.8 Å². The Hall–Kier alpha value is -7.82. The van der Waals surface area contributed by atoms with E-state index in [1.807, 2.05) is 24.3 Å². The minimum absolute atomic E-state index is 0.814. The summed E-state index contributed by atoms with van der Waals surface area (Å²) in [5.41, 5.74) is 14.0. The van der Waals surface area contributed by atoms with Gasteiger partial charge in [-0.1, -0.05) is 146 Å². The van der Waals surface area contributed by atoms with Gasteiger partial charge in [0.1, 0.15) is 5.69 Å². The molecule has 12 rings (SSSR count). The molecule has 0 fully saturated rings. The summed E-state index contributed by atoms with van der Waals surface area (Å²) in [5.74, 6) is 0.814. The van der Waals surface area contributed by atoms with Gasteiger partial charge in [-0.2, -0.15) is 0 Å². The van der Waals surface area contributed by atoms with Gasteiger partial charge < -0.3 is 4.57 Å². The molecule has 0 bridgehead atoms. The molecule has 9 aromatic carbocycles. The molecule has 4 heteroatoms. The van der Waals surface area contributed by atoms with Crippen LogP contribution in [0.25, 0.3) is 110 Å². The van der Waals surface area contributed by atoms with Gasteiger partial charge in [0.15, 0.2) is 5.82 Å². The van der Waals surface area contributed by atoms with Gasteiger partial charge in [-0.25, -0.2) is 9.97 Å². The zero-order valence-corrected chi connectivity index (χ0v) is 31.4. The predicted molar refractivity (Wildman–Crippen MR) is 242 cm³/mol. The lowest BCUT2D eigenvalue weighted by atomic mass is 9.97. The monoisotopic (exact) mass is 738 g/mol. The summed E-state index contributed by atoms with van der Waals surface area (Å²) in [6.45, 7) is 0. The molecule has 3 heterocycles. The van der Waals surface area contributed by atoms with Gasteiger partial charge in [0.25, 0.3) is 0 Å². The van der Waals surface area contributed by atoms with Gasteiger partial charge in [0.05, 0.1) is 33.1 Å². The Morgan fingerprint density at radius 1 is 0.328 bits per heavy atom. The maximum Gasteiger partial charge on any atom is 0.165 e. The van der Waals surface area contributed by atoms with Crippen molar-refractivity contribution < 1.29 is 0 Å². The third-order valence-electron chi connectivity index (χ3n) is 11.7. The Morgan fingerprint density at radius 2 is 0.966 bits per heavy atom. The average Bonchev–Trinajstić information content (AvgIpc) is 3.80. The number of para-hydroxylation sites is 3. The smallest absolute Gasteiger partial charge is 0.165 e. The summed E-state index contributed by atoms with van der Waals surface area (Å²) < 4.78 is 4.75. The molecule has 0 saturated heterocycles. The van der Waals surface area contributed by atoms with Crippen molar-refractivity contribution in [2.24, 2.45) is 0 Å². The molecular weight excluding hydrogens is 705 g/mol. The fraction of sp³-hybridized carbons (Fsp3) is 0. The molecule has 0 aliphatic rings. The molecule has 0 saturated carbocycles. The van der Waals surface area contributed by atoms with Gasteiger partial charge in [0, 0.05) is 32.8 Å². The maximum atomic E-state index is 5.41. The highest BCUT2D eigenvalue weighted by Gasteiger charge is 2.22. The summed E-state index contributed by atoms with van der Waals surface area (Å²) in [5, 5.41) is 7.20. The lowest BCUT2D eigenvalue weighted by Crippen LogP contribution is -2.03. The molecule has 0 aliphatic carbocycles. The minimum atomic E-state index is 0.814. The van der Waals surface area contributed by atoms with E-state index in [0.29, 0.717) is 0 Å². The van der Waals surface area contributed by atoms with Gasteiger partial charge in [-0.3, -0.25) is 4.57 Å². The third-order valence-corrected chi connectivity index (χ3v) is 11.7. The average molecular weight is 739 g/mol. The Kier molecular flexibility index (Phi) is 7.20. The third kappa shape index (κ3) is 5.02. The number of benzene rings is 9. The highest BCUT2D eigenvalue weighted by atomic mass is 15.1. The van der Waals surface area contributed by atoms with Crippen molar-refractivity contribution in [1.29, 1.82) is 0 Å². The molecule has 0 amide bonds. The minimum Gasteiger partial charge on any atom is -0.309 e. The zero-order chi connectivity index (χ0) is 38.2. The number of hydrogen-bond donors (Lipinski definition) is 0. The van der Waals surface area contributed by atoms with Crippen LogP contribution in [0, 0.1) is 0 Å². The number of fused-ring (bicyclic) bond motifs is 8. The van der Waals surface area contributed by atoms with E-state index in [-0.39, 0.29) is 0 Å². The molecule has 3 aromatic heterocycles. The Morgan fingerprint density at radius 3 is 1.79 bits per heavy atom. The largest absolute Gasteiger partial charge is 0.309 e. The molecule has 58 heavy (non-hydrogen) atoms. The van der Waals surface area contributed by atoms with Crippen molar-refractivity contribution in [3.63, 3.8) is 0 Å². The van der Waals surface area contributed by atoms with E-state index >= 15 is 0 Å². The summed E-state index contributed by atoms with van der Waals surface area (Å²) in [4.78, 5) is 10.7. The van der Waals surface area contributed by atoms with Crippen LogP contribution in [-0.2, 0) is 0 Å². The SMILES string of the molecule is c1ccc(-c2cccc(-n3c4ccccc4c4cc(-c5cccc6c5c5cc7ccccc7cc5n6-c5nc6ccccc6nc5-c5ccccc5)ccc43)c2)cc1. The van der Waals surface area contributed by atoms with Gasteiger partial charge >= 0.3 is 0 Å². The maximum absolute atomic E-state index is 5.41. The molecule has 0 unspecified atom stereocenters. The number of aromatic nitrogens is 4. The quantitative estimate of drug-likeness (QED) is 0.176. The van der Waals surface area contributed by atoms with E-state index in [4.69, 9.17) is 9.97 Å². The van der Waals surface area contributed by atoms with Crippen molar-refractivity contribution >= 4 is 65.4 Å². The van der Waals surface area contributed by atoms with E-state index in [9.17, 15) is 0 Å². The fourth-order valence-corrected chi connectivity index (χ4v) is 9.03. The molecular formula is C54H34N4. The zero-order valence-electron chi connectivity index (χ0n) is 31.4. The van der Waals surface area contributed by atoms with Crippen LogP contribution in [0.4, 0.5) is 0 Å². The second-order valence-corrected chi connectivity index (χ2v) is 15.0. The van der Waals surface area contributed by atoms with Crippen LogP contribution in [0.2, 0.25) is 0 Å². The topological polar surface area (TPSA) is 35.6 Å². The molecule has 0 radical (unpaired) electrons. The van der Waals surface area contributed by atoms with Gasteiger partial charge in [0.2, 0.25) is 0 Å². The van der Waals surface area contributed by atoms with Crippen LogP contribution < -0.4 is 0 Å². The van der Waals surface area contributed by atoms with E-state index in [1.54, 1.807) is 0 Å². The van der Waals surface area contributed by atoms with Crippen molar-refractivity contribution in [1.82, 2.24) is 19.1 Å². The Balaban J connectivity index is 1.13. The van der Waals surface area contributed by atoms with E-state index < -0.39 is 0 Å². The normalized spacial score (nSPS) is 11.8. The fourth-order valence-electron chi connectivity index (χ4n) is 9.03. The highest BCUT2D eigenvalue weighted by Crippen LogP contribution is 2.43. The summed E-state index contributed by atoms with van der Waals surface area (Å²) >= 11 is 0. The molecule has 12 aromatic rings. The molecule has 4 nitrogen and oxygen atoms in total. The summed E-state index contributed by atoms with van der Waals surface area (Å²) in [7, 11) is 0. The van der Waals surface area contributed by atoms with Crippen molar-refractivity contribution in [2.45, 2.75) is 0 Å².